The molecule has 0 unspecified atom stereocenters. The van der Waals surface area contributed by atoms with Crippen LogP contribution in [0, 0.1) is 5.41 Å². The zero-order valence-corrected chi connectivity index (χ0v) is 15.0. The first-order valence-corrected chi connectivity index (χ1v) is 8.87. The van der Waals surface area contributed by atoms with Crippen LogP contribution in [-0.4, -0.2) is 60.2 Å². The summed E-state index contributed by atoms with van der Waals surface area (Å²) in [6.45, 7) is 9.53. The van der Waals surface area contributed by atoms with Gasteiger partial charge in [-0.15, -0.1) is 0 Å². The molecule has 2 saturated heterocycles. The van der Waals surface area contributed by atoms with Gasteiger partial charge in [-0.3, -0.25) is 0 Å². The van der Waals surface area contributed by atoms with E-state index in [0.29, 0.717) is 6.61 Å². The lowest BCUT2D eigenvalue weighted by molar-refractivity contribution is -0.135. The summed E-state index contributed by atoms with van der Waals surface area (Å²) in [4.78, 5) is 27.7. The monoisotopic (exact) mass is 336 g/mol. The van der Waals surface area contributed by atoms with Crippen LogP contribution < -0.4 is 0 Å². The lowest BCUT2D eigenvalue weighted by Gasteiger charge is -2.48. The number of carbonyl (C=O) groups excluding carboxylic acids is 2. The Labute approximate surface area is 143 Å². The second-order valence-corrected chi connectivity index (χ2v) is 8.24. The second kappa shape index (κ2) is 6.30. The number of piperidine rings is 2. The van der Waals surface area contributed by atoms with Gasteiger partial charge in [-0.05, 0) is 51.9 Å². The zero-order valence-electron chi connectivity index (χ0n) is 15.0. The maximum atomic E-state index is 12.2. The summed E-state index contributed by atoms with van der Waals surface area (Å²) in [6, 6.07) is 0. The molecule has 0 atom stereocenters. The molecular weight excluding hydrogens is 308 g/mol. The molecule has 0 aromatic heterocycles. The van der Waals surface area contributed by atoms with Gasteiger partial charge in [0, 0.05) is 32.3 Å². The molecule has 3 aliphatic heterocycles. The van der Waals surface area contributed by atoms with Gasteiger partial charge in [-0.1, -0.05) is 0 Å². The van der Waals surface area contributed by atoms with E-state index in [0.717, 1.165) is 51.1 Å². The Balaban J connectivity index is 1.57. The number of hydrogen-bond acceptors (Lipinski definition) is 5. The van der Waals surface area contributed by atoms with Gasteiger partial charge in [-0.2, -0.15) is 0 Å². The molecule has 134 valence electrons. The third-order valence-electron chi connectivity index (χ3n) is 5.19. The van der Waals surface area contributed by atoms with Crippen molar-refractivity contribution in [3.05, 3.63) is 11.8 Å². The van der Waals surface area contributed by atoms with Crippen LogP contribution in [0.1, 0.15) is 46.5 Å². The number of likely N-dealkylation sites (tertiary alicyclic amines) is 2. The third kappa shape index (κ3) is 3.84. The first kappa shape index (κ1) is 17.1. The molecule has 6 nitrogen and oxygen atoms in total. The molecule has 0 N–H and O–H groups in total. The topological polar surface area (TPSA) is 59.1 Å². The molecule has 0 radical (unpaired) electrons. The Morgan fingerprint density at radius 1 is 1.21 bits per heavy atom. The first-order chi connectivity index (χ1) is 11.3. The molecule has 3 aliphatic rings. The average molecular weight is 336 g/mol. The maximum absolute atomic E-state index is 12.2. The van der Waals surface area contributed by atoms with Crippen molar-refractivity contribution < 1.29 is 19.1 Å². The van der Waals surface area contributed by atoms with Gasteiger partial charge in [0.05, 0.1) is 5.70 Å². The molecule has 6 heteroatoms. The normalized spacial score (nSPS) is 24.0. The van der Waals surface area contributed by atoms with E-state index in [1.54, 1.807) is 6.08 Å². The number of rotatable bonds is 1. The molecule has 3 heterocycles. The number of cyclic esters (lactones) is 1. The highest BCUT2D eigenvalue weighted by molar-refractivity contribution is 5.85. The van der Waals surface area contributed by atoms with Gasteiger partial charge < -0.3 is 19.3 Å². The van der Waals surface area contributed by atoms with Gasteiger partial charge in [0.25, 0.3) is 0 Å². The number of esters is 1. The Morgan fingerprint density at radius 3 is 2.50 bits per heavy atom. The molecular formula is C18H28N2O4. The number of amides is 1. The van der Waals surface area contributed by atoms with Crippen LogP contribution in [0.3, 0.4) is 0 Å². The minimum Gasteiger partial charge on any atom is -0.456 e. The third-order valence-corrected chi connectivity index (χ3v) is 5.19. The van der Waals surface area contributed by atoms with Crippen molar-refractivity contribution in [3.63, 3.8) is 0 Å². The van der Waals surface area contributed by atoms with Gasteiger partial charge in [0.15, 0.2) is 0 Å². The second-order valence-electron chi connectivity index (χ2n) is 8.24. The molecule has 1 spiro atoms. The van der Waals surface area contributed by atoms with E-state index < -0.39 is 5.60 Å². The van der Waals surface area contributed by atoms with Crippen molar-refractivity contribution in [1.82, 2.24) is 9.80 Å². The highest BCUT2D eigenvalue weighted by atomic mass is 16.6. The molecule has 0 aromatic rings. The van der Waals surface area contributed by atoms with Gasteiger partial charge in [0.1, 0.15) is 12.2 Å². The minimum atomic E-state index is -0.449. The Kier molecular flexibility index (Phi) is 4.49. The lowest BCUT2D eigenvalue weighted by Crippen LogP contribution is -2.51. The Bertz CT molecular complexity index is 542. The van der Waals surface area contributed by atoms with Crippen LogP contribution in [0.15, 0.2) is 11.8 Å². The van der Waals surface area contributed by atoms with Crippen LogP contribution in [-0.2, 0) is 14.3 Å². The quantitative estimate of drug-likeness (QED) is 0.689. The van der Waals surface area contributed by atoms with Crippen LogP contribution in [0.4, 0.5) is 4.79 Å². The van der Waals surface area contributed by atoms with Crippen molar-refractivity contribution in [1.29, 1.82) is 0 Å². The fourth-order valence-electron chi connectivity index (χ4n) is 3.90. The molecule has 1 amide bonds. The van der Waals surface area contributed by atoms with Crippen molar-refractivity contribution in [2.24, 2.45) is 5.41 Å². The summed E-state index contributed by atoms with van der Waals surface area (Å²) < 4.78 is 10.5. The maximum Gasteiger partial charge on any atom is 0.410 e. The highest BCUT2D eigenvalue weighted by Gasteiger charge is 2.41. The van der Waals surface area contributed by atoms with E-state index >= 15 is 0 Å². The van der Waals surface area contributed by atoms with E-state index in [1.807, 2.05) is 25.7 Å². The van der Waals surface area contributed by atoms with Gasteiger partial charge >= 0.3 is 12.1 Å². The fourth-order valence-corrected chi connectivity index (χ4v) is 3.90. The highest BCUT2D eigenvalue weighted by Crippen LogP contribution is 2.41. The van der Waals surface area contributed by atoms with Crippen LogP contribution in [0.25, 0.3) is 0 Å². The van der Waals surface area contributed by atoms with E-state index in [-0.39, 0.29) is 17.5 Å². The SMILES string of the molecule is CC(C)(C)OC(=O)N1CCC2(CCCN(C3=CC(=O)OC3)C2)CC1. The van der Waals surface area contributed by atoms with E-state index in [1.165, 1.54) is 6.42 Å². The summed E-state index contributed by atoms with van der Waals surface area (Å²) in [5.74, 6) is -0.232. The van der Waals surface area contributed by atoms with Crippen molar-refractivity contribution >= 4 is 12.1 Å². The van der Waals surface area contributed by atoms with Crippen LogP contribution in [0.2, 0.25) is 0 Å². The average Bonchev–Trinajstić information content (AvgIpc) is 2.93. The predicted molar refractivity (Wildman–Crippen MR) is 89.3 cm³/mol. The fraction of sp³-hybridized carbons (Fsp3) is 0.778. The number of ether oxygens (including phenoxy) is 2. The minimum absolute atomic E-state index is 0.206. The summed E-state index contributed by atoms with van der Waals surface area (Å²) in [7, 11) is 0. The van der Waals surface area contributed by atoms with Gasteiger partial charge in [0.2, 0.25) is 0 Å². The van der Waals surface area contributed by atoms with Crippen molar-refractivity contribution in [2.45, 2.75) is 52.1 Å². The molecule has 24 heavy (non-hydrogen) atoms. The summed E-state index contributed by atoms with van der Waals surface area (Å²) in [5, 5.41) is 0. The molecule has 0 bridgehead atoms. The van der Waals surface area contributed by atoms with Crippen molar-refractivity contribution in [2.75, 3.05) is 32.8 Å². The molecule has 0 saturated carbocycles. The lowest BCUT2D eigenvalue weighted by atomic mass is 9.72. The van der Waals surface area contributed by atoms with Crippen LogP contribution in [0.5, 0.6) is 0 Å². The first-order valence-electron chi connectivity index (χ1n) is 8.87. The summed E-state index contributed by atoms with van der Waals surface area (Å²) in [6.07, 6.45) is 5.71. The smallest absolute Gasteiger partial charge is 0.410 e. The van der Waals surface area contributed by atoms with E-state index in [4.69, 9.17) is 9.47 Å². The number of nitrogens with zero attached hydrogens (tertiary/aromatic N) is 2. The Hall–Kier alpha value is -1.72. The number of carbonyl (C=O) groups is 2. The zero-order chi connectivity index (χ0) is 17.4. The summed E-state index contributed by atoms with van der Waals surface area (Å²) >= 11 is 0. The van der Waals surface area contributed by atoms with Gasteiger partial charge in [-0.25, -0.2) is 9.59 Å². The summed E-state index contributed by atoms with van der Waals surface area (Å²) in [5.41, 5.74) is 0.798. The predicted octanol–water partition coefficient (Wildman–Crippen LogP) is 2.54. The Morgan fingerprint density at radius 2 is 1.92 bits per heavy atom. The molecule has 0 aromatic carbocycles. The van der Waals surface area contributed by atoms with Crippen LogP contribution >= 0.6 is 0 Å². The van der Waals surface area contributed by atoms with E-state index in [2.05, 4.69) is 4.90 Å². The van der Waals surface area contributed by atoms with Crippen molar-refractivity contribution in [3.8, 4) is 0 Å². The molecule has 0 aliphatic carbocycles. The molecule has 2 fully saturated rings. The molecule has 3 rings (SSSR count). The number of hydrogen-bond donors (Lipinski definition) is 0. The standard InChI is InChI=1S/C18H28N2O4/c1-17(2,3)24-16(22)19-9-6-18(7-10-19)5-4-8-20(13-18)14-11-15(21)23-12-14/h11H,4-10,12-13H2,1-3H3. The van der Waals surface area contributed by atoms with E-state index in [9.17, 15) is 9.59 Å². The largest absolute Gasteiger partial charge is 0.456 e.